The first kappa shape index (κ1) is 14.9. The highest BCUT2D eigenvalue weighted by Gasteiger charge is 2.14. The average Bonchev–Trinajstić information content (AvgIpc) is 2.23. The Balaban J connectivity index is 4.46. The van der Waals surface area contributed by atoms with Gasteiger partial charge in [0.05, 0.1) is 0 Å². The molecule has 0 aliphatic rings. The van der Waals surface area contributed by atoms with Gasteiger partial charge in [-0.25, -0.2) is 9.59 Å². The number of carboxylic acids is 1. The fourth-order valence-electron chi connectivity index (χ4n) is 0.803. The first-order valence-electron chi connectivity index (χ1n) is 4.90. The standard InChI is InChI=1S/C11H16N2O4/c1-6(2)5-12-11(17)13-9(14)7(3)8(4)10(15)16/h1,5H2,2-4H3,(H,15,16)(H2,12,13,14,17). The Kier molecular flexibility index (Phi) is 5.66. The maximum atomic E-state index is 11.4. The number of nitrogens with one attached hydrogen (secondary N) is 2. The lowest BCUT2D eigenvalue weighted by Gasteiger charge is -2.07. The van der Waals surface area contributed by atoms with Crippen LogP contribution in [0.5, 0.6) is 0 Å². The minimum absolute atomic E-state index is 0.0111. The molecule has 0 aromatic heterocycles. The van der Waals surface area contributed by atoms with Crippen LogP contribution in [0.15, 0.2) is 23.3 Å². The summed E-state index contributed by atoms with van der Waals surface area (Å²) in [4.78, 5) is 33.2. The second-order valence-corrected chi connectivity index (χ2v) is 3.65. The maximum absolute atomic E-state index is 11.4. The van der Waals surface area contributed by atoms with Gasteiger partial charge in [0.1, 0.15) is 0 Å². The quantitative estimate of drug-likeness (QED) is 0.500. The summed E-state index contributed by atoms with van der Waals surface area (Å²) in [6.07, 6.45) is 0. The number of hydrogen-bond donors (Lipinski definition) is 3. The fraction of sp³-hybridized carbons (Fsp3) is 0.364. The summed E-state index contributed by atoms with van der Waals surface area (Å²) in [6.45, 7) is 8.18. The summed E-state index contributed by atoms with van der Waals surface area (Å²) in [5, 5.41) is 13.1. The lowest BCUT2D eigenvalue weighted by molar-refractivity contribution is -0.133. The Bertz CT molecular complexity index is 396. The van der Waals surface area contributed by atoms with Crippen molar-refractivity contribution in [3.63, 3.8) is 0 Å². The van der Waals surface area contributed by atoms with Crippen LogP contribution in [0.1, 0.15) is 20.8 Å². The van der Waals surface area contributed by atoms with Crippen LogP contribution in [0.4, 0.5) is 4.79 Å². The third-order valence-corrected chi connectivity index (χ3v) is 2.00. The van der Waals surface area contributed by atoms with Crippen molar-refractivity contribution in [2.45, 2.75) is 20.8 Å². The topological polar surface area (TPSA) is 95.5 Å². The normalized spacial score (nSPS) is 11.2. The molecular formula is C11H16N2O4. The SMILES string of the molecule is C=C(C)CNC(=O)NC(=O)C(C)=C(C)C(=O)O. The van der Waals surface area contributed by atoms with E-state index in [1.54, 1.807) is 6.92 Å². The molecule has 0 heterocycles. The van der Waals surface area contributed by atoms with Crippen molar-refractivity contribution < 1.29 is 19.5 Å². The predicted molar refractivity (Wildman–Crippen MR) is 62.4 cm³/mol. The van der Waals surface area contributed by atoms with Crippen LogP contribution in [-0.4, -0.2) is 29.6 Å². The highest BCUT2D eigenvalue weighted by Crippen LogP contribution is 2.03. The van der Waals surface area contributed by atoms with Crippen molar-refractivity contribution in [3.05, 3.63) is 23.3 Å². The van der Waals surface area contributed by atoms with Crippen LogP contribution in [0.3, 0.4) is 0 Å². The van der Waals surface area contributed by atoms with Gasteiger partial charge in [0.15, 0.2) is 0 Å². The summed E-state index contributed by atoms with van der Waals surface area (Å²) in [7, 11) is 0. The Morgan fingerprint density at radius 3 is 2.06 bits per heavy atom. The second-order valence-electron chi connectivity index (χ2n) is 3.65. The molecule has 3 N–H and O–H groups in total. The van der Waals surface area contributed by atoms with E-state index in [0.29, 0.717) is 0 Å². The van der Waals surface area contributed by atoms with Crippen molar-refractivity contribution >= 4 is 17.9 Å². The van der Waals surface area contributed by atoms with Gasteiger partial charge in [-0.1, -0.05) is 12.2 Å². The molecule has 0 aromatic rings. The van der Waals surface area contributed by atoms with Crippen LogP contribution in [0.25, 0.3) is 0 Å². The summed E-state index contributed by atoms with van der Waals surface area (Å²) in [5.41, 5.74) is 0.625. The van der Waals surface area contributed by atoms with Crippen molar-refractivity contribution in [1.29, 1.82) is 0 Å². The van der Waals surface area contributed by atoms with E-state index in [-0.39, 0.29) is 17.7 Å². The summed E-state index contributed by atoms with van der Waals surface area (Å²) >= 11 is 0. The third kappa shape index (κ3) is 5.50. The molecule has 0 aliphatic carbocycles. The number of carbonyl (C=O) groups is 3. The van der Waals surface area contributed by atoms with Crippen LogP contribution in [0, 0.1) is 0 Å². The number of imide groups is 1. The van der Waals surface area contributed by atoms with E-state index in [0.717, 1.165) is 5.57 Å². The van der Waals surface area contributed by atoms with E-state index in [1.807, 2.05) is 5.32 Å². The van der Waals surface area contributed by atoms with Crippen LogP contribution >= 0.6 is 0 Å². The Morgan fingerprint density at radius 1 is 1.12 bits per heavy atom. The van der Waals surface area contributed by atoms with Gasteiger partial charge in [-0.15, -0.1) is 0 Å². The van der Waals surface area contributed by atoms with Gasteiger partial charge in [0.25, 0.3) is 5.91 Å². The Hall–Kier alpha value is -2.11. The largest absolute Gasteiger partial charge is 0.478 e. The number of aliphatic carboxylic acids is 1. The predicted octanol–water partition coefficient (Wildman–Crippen LogP) is 0.809. The van der Waals surface area contributed by atoms with E-state index >= 15 is 0 Å². The number of hydrogen-bond acceptors (Lipinski definition) is 3. The first-order valence-corrected chi connectivity index (χ1v) is 4.90. The van der Waals surface area contributed by atoms with Crippen molar-refractivity contribution in [3.8, 4) is 0 Å². The molecule has 0 saturated heterocycles. The highest BCUT2D eigenvalue weighted by molar-refractivity contribution is 6.07. The van der Waals surface area contributed by atoms with Crippen LogP contribution < -0.4 is 10.6 Å². The maximum Gasteiger partial charge on any atom is 0.331 e. The lowest BCUT2D eigenvalue weighted by Crippen LogP contribution is -2.40. The van der Waals surface area contributed by atoms with Crippen molar-refractivity contribution in [2.75, 3.05) is 6.54 Å². The minimum Gasteiger partial charge on any atom is -0.478 e. The summed E-state index contributed by atoms with van der Waals surface area (Å²) in [6, 6.07) is -0.685. The molecule has 0 aliphatic heterocycles. The highest BCUT2D eigenvalue weighted by atomic mass is 16.4. The molecule has 0 radical (unpaired) electrons. The molecular weight excluding hydrogens is 224 g/mol. The lowest BCUT2D eigenvalue weighted by atomic mass is 10.1. The minimum atomic E-state index is -1.19. The van der Waals surface area contributed by atoms with Gasteiger partial charge in [-0.3, -0.25) is 10.1 Å². The molecule has 0 rings (SSSR count). The molecule has 0 unspecified atom stereocenters. The molecule has 0 atom stereocenters. The fourth-order valence-corrected chi connectivity index (χ4v) is 0.803. The Labute approximate surface area is 99.4 Å². The number of urea groups is 1. The van der Waals surface area contributed by atoms with Crippen molar-refractivity contribution in [2.24, 2.45) is 0 Å². The first-order chi connectivity index (χ1) is 7.75. The molecule has 94 valence electrons. The molecule has 6 nitrogen and oxygen atoms in total. The van der Waals surface area contributed by atoms with E-state index in [9.17, 15) is 14.4 Å². The van der Waals surface area contributed by atoms with Gasteiger partial charge >= 0.3 is 12.0 Å². The second kappa shape index (κ2) is 6.47. The van der Waals surface area contributed by atoms with Gasteiger partial charge < -0.3 is 10.4 Å². The number of carboxylic acid groups (broad SMARTS) is 1. The molecule has 0 aromatic carbocycles. The summed E-state index contributed by atoms with van der Waals surface area (Å²) in [5.74, 6) is -1.93. The zero-order chi connectivity index (χ0) is 13.6. The van der Waals surface area contributed by atoms with E-state index in [4.69, 9.17) is 5.11 Å². The molecule has 0 spiro atoms. The number of rotatable bonds is 4. The van der Waals surface area contributed by atoms with Gasteiger partial charge in [0, 0.05) is 17.7 Å². The molecule has 17 heavy (non-hydrogen) atoms. The van der Waals surface area contributed by atoms with E-state index < -0.39 is 17.9 Å². The van der Waals surface area contributed by atoms with Gasteiger partial charge in [0.2, 0.25) is 0 Å². The van der Waals surface area contributed by atoms with Gasteiger partial charge in [-0.05, 0) is 20.8 Å². The van der Waals surface area contributed by atoms with Crippen LogP contribution in [0.2, 0.25) is 0 Å². The zero-order valence-electron chi connectivity index (χ0n) is 10.1. The Morgan fingerprint density at radius 2 is 1.65 bits per heavy atom. The molecule has 3 amide bonds. The number of carbonyl (C=O) groups excluding carboxylic acids is 2. The average molecular weight is 240 g/mol. The molecule has 0 bridgehead atoms. The smallest absolute Gasteiger partial charge is 0.331 e. The summed E-state index contributed by atoms with van der Waals surface area (Å²) < 4.78 is 0. The third-order valence-electron chi connectivity index (χ3n) is 2.00. The zero-order valence-corrected chi connectivity index (χ0v) is 10.1. The van der Waals surface area contributed by atoms with Crippen LogP contribution in [-0.2, 0) is 9.59 Å². The van der Waals surface area contributed by atoms with E-state index in [1.165, 1.54) is 13.8 Å². The molecule has 0 fully saturated rings. The monoisotopic (exact) mass is 240 g/mol. The molecule has 0 saturated carbocycles. The molecule has 6 heteroatoms. The van der Waals surface area contributed by atoms with E-state index in [2.05, 4.69) is 11.9 Å². The van der Waals surface area contributed by atoms with Gasteiger partial charge in [-0.2, -0.15) is 0 Å². The number of amides is 3. The van der Waals surface area contributed by atoms with Crippen molar-refractivity contribution in [1.82, 2.24) is 10.6 Å².